The topological polar surface area (TPSA) is 57.3 Å². The Labute approximate surface area is 179 Å². The number of halogens is 2. The van der Waals surface area contributed by atoms with Crippen LogP contribution in [-0.4, -0.2) is 48.0 Å². The first-order chi connectivity index (χ1) is 11.9. The smallest absolute Gasteiger partial charge is 0.237 e. The van der Waals surface area contributed by atoms with Crippen LogP contribution >= 0.6 is 36.2 Å². The molecule has 0 aliphatic carbocycles. The molecule has 2 aliphatic heterocycles. The number of carbonyl (C=O) groups excluding carboxylic acids is 1. The Morgan fingerprint density at radius 2 is 2.11 bits per heavy atom. The minimum atomic E-state index is 0. The van der Waals surface area contributed by atoms with E-state index in [0.29, 0.717) is 5.92 Å². The van der Waals surface area contributed by atoms with Gasteiger partial charge in [-0.2, -0.15) is 0 Å². The molecule has 2 saturated heterocycles. The van der Waals surface area contributed by atoms with Crippen molar-refractivity contribution >= 4 is 42.1 Å². The van der Waals surface area contributed by atoms with E-state index in [9.17, 15) is 4.79 Å². The third-order valence-electron chi connectivity index (χ3n) is 5.22. The molecule has 3 heterocycles. The summed E-state index contributed by atoms with van der Waals surface area (Å²) >= 11 is 1.78. The van der Waals surface area contributed by atoms with Crippen molar-refractivity contribution < 1.29 is 4.79 Å². The first kappa shape index (κ1) is 24.6. The molecule has 2 fully saturated rings. The van der Waals surface area contributed by atoms with Crippen LogP contribution in [0.15, 0.2) is 5.38 Å². The number of carbonyl (C=O) groups is 1. The van der Waals surface area contributed by atoms with Crippen LogP contribution in [0.1, 0.15) is 57.2 Å². The number of amides is 1. The quantitative estimate of drug-likeness (QED) is 0.742. The van der Waals surface area contributed by atoms with Crippen molar-refractivity contribution in [3.63, 3.8) is 0 Å². The van der Waals surface area contributed by atoms with Crippen LogP contribution in [0.2, 0.25) is 0 Å². The number of piperidine rings is 1. The van der Waals surface area contributed by atoms with Gasteiger partial charge in [-0.05, 0) is 44.7 Å². The summed E-state index contributed by atoms with van der Waals surface area (Å²) in [5.41, 5.74) is 1.31. The van der Waals surface area contributed by atoms with Crippen molar-refractivity contribution in [1.82, 2.24) is 20.5 Å². The van der Waals surface area contributed by atoms with E-state index in [4.69, 9.17) is 4.98 Å². The molecule has 8 heteroatoms. The standard InChI is InChI=1S/C19H32N4OS.2ClH/c1-19(2,3)16-13-25-17(22-16)12-23-9-5-6-14(11-23)10-21-18(24)15-7-4-8-20-15;;/h13-15,20H,4-12H2,1-3H3,(H,21,24);2*1H. The van der Waals surface area contributed by atoms with Gasteiger partial charge < -0.3 is 10.6 Å². The van der Waals surface area contributed by atoms with E-state index >= 15 is 0 Å². The molecule has 0 spiro atoms. The fraction of sp³-hybridized carbons (Fsp3) is 0.789. The molecule has 0 saturated carbocycles. The molecule has 1 aromatic heterocycles. The second-order valence-electron chi connectivity index (χ2n) is 8.51. The third kappa shape index (κ3) is 7.17. The average molecular weight is 437 g/mol. The summed E-state index contributed by atoms with van der Waals surface area (Å²) in [6.45, 7) is 11.6. The zero-order valence-corrected chi connectivity index (χ0v) is 19.1. The second kappa shape index (κ2) is 11.0. The molecule has 2 atom stereocenters. The molecule has 156 valence electrons. The van der Waals surface area contributed by atoms with E-state index < -0.39 is 0 Å². The molecule has 1 aromatic rings. The number of hydrogen-bond acceptors (Lipinski definition) is 5. The average Bonchev–Trinajstić information content (AvgIpc) is 3.24. The highest BCUT2D eigenvalue weighted by atomic mass is 35.5. The predicted molar refractivity (Wildman–Crippen MR) is 117 cm³/mol. The van der Waals surface area contributed by atoms with Gasteiger partial charge in [0, 0.05) is 23.9 Å². The molecule has 27 heavy (non-hydrogen) atoms. The normalized spacial score (nSPS) is 23.4. The van der Waals surface area contributed by atoms with Gasteiger partial charge in [-0.25, -0.2) is 4.98 Å². The highest BCUT2D eigenvalue weighted by molar-refractivity contribution is 7.09. The fourth-order valence-electron chi connectivity index (χ4n) is 3.66. The maximum atomic E-state index is 12.2. The van der Waals surface area contributed by atoms with Gasteiger partial charge >= 0.3 is 0 Å². The largest absolute Gasteiger partial charge is 0.354 e. The molecule has 0 radical (unpaired) electrons. The van der Waals surface area contributed by atoms with E-state index in [1.54, 1.807) is 11.3 Å². The van der Waals surface area contributed by atoms with Crippen molar-refractivity contribution in [3.8, 4) is 0 Å². The number of thiazole rings is 1. The summed E-state index contributed by atoms with van der Waals surface area (Å²) in [6.07, 6.45) is 4.50. The molecular weight excluding hydrogens is 403 g/mol. The lowest BCUT2D eigenvalue weighted by Gasteiger charge is -2.32. The minimum Gasteiger partial charge on any atom is -0.354 e. The Bertz CT molecular complexity index is 585. The van der Waals surface area contributed by atoms with E-state index in [1.165, 1.54) is 23.5 Å². The number of nitrogens with one attached hydrogen (secondary N) is 2. The minimum absolute atomic E-state index is 0. The van der Waals surface area contributed by atoms with Gasteiger partial charge in [-0.3, -0.25) is 9.69 Å². The molecule has 1 amide bonds. The van der Waals surface area contributed by atoms with Crippen molar-refractivity contribution in [2.45, 2.75) is 64.5 Å². The van der Waals surface area contributed by atoms with Crippen LogP contribution in [-0.2, 0) is 16.8 Å². The van der Waals surface area contributed by atoms with E-state index in [2.05, 4.69) is 41.7 Å². The zero-order chi connectivity index (χ0) is 17.9. The predicted octanol–water partition coefficient (Wildman–Crippen LogP) is 3.36. The lowest BCUT2D eigenvalue weighted by Crippen LogP contribution is -2.45. The summed E-state index contributed by atoms with van der Waals surface area (Å²) in [7, 11) is 0. The molecule has 2 aliphatic rings. The van der Waals surface area contributed by atoms with Crippen LogP contribution in [0.4, 0.5) is 0 Å². The van der Waals surface area contributed by atoms with Crippen LogP contribution in [0, 0.1) is 5.92 Å². The van der Waals surface area contributed by atoms with Crippen molar-refractivity contribution in [1.29, 1.82) is 0 Å². The van der Waals surface area contributed by atoms with Gasteiger partial charge in [0.15, 0.2) is 0 Å². The Morgan fingerprint density at radius 3 is 2.74 bits per heavy atom. The molecule has 2 N–H and O–H groups in total. The van der Waals surface area contributed by atoms with Crippen molar-refractivity contribution in [2.75, 3.05) is 26.2 Å². The van der Waals surface area contributed by atoms with Gasteiger partial charge in [0.25, 0.3) is 0 Å². The Hall–Kier alpha value is -0.400. The van der Waals surface area contributed by atoms with Gasteiger partial charge in [-0.1, -0.05) is 20.8 Å². The molecule has 5 nitrogen and oxygen atoms in total. The highest BCUT2D eigenvalue weighted by Crippen LogP contribution is 2.25. The maximum absolute atomic E-state index is 12.2. The van der Waals surface area contributed by atoms with E-state index in [0.717, 1.165) is 45.6 Å². The van der Waals surface area contributed by atoms with Gasteiger partial charge in [-0.15, -0.1) is 36.2 Å². The fourth-order valence-corrected chi connectivity index (χ4v) is 4.72. The highest BCUT2D eigenvalue weighted by Gasteiger charge is 2.25. The van der Waals surface area contributed by atoms with Gasteiger partial charge in [0.1, 0.15) is 5.01 Å². The number of nitrogens with zero attached hydrogens (tertiary/aromatic N) is 2. The summed E-state index contributed by atoms with van der Waals surface area (Å²) in [5.74, 6) is 0.741. The van der Waals surface area contributed by atoms with Gasteiger partial charge in [0.05, 0.1) is 18.3 Å². The van der Waals surface area contributed by atoms with Crippen LogP contribution in [0.3, 0.4) is 0 Å². The monoisotopic (exact) mass is 436 g/mol. The second-order valence-corrected chi connectivity index (χ2v) is 9.46. The Kier molecular flexibility index (Phi) is 10.00. The van der Waals surface area contributed by atoms with Crippen molar-refractivity contribution in [3.05, 3.63) is 16.1 Å². The number of likely N-dealkylation sites (tertiary alicyclic amines) is 1. The Balaban J connectivity index is 0.00000182. The molecule has 0 bridgehead atoms. The molecule has 0 aromatic carbocycles. The first-order valence-corrected chi connectivity index (χ1v) is 10.5. The summed E-state index contributed by atoms with van der Waals surface area (Å²) in [6, 6.07) is 0.0332. The first-order valence-electron chi connectivity index (χ1n) is 9.60. The molecule has 2 unspecified atom stereocenters. The summed E-state index contributed by atoms with van der Waals surface area (Å²) in [4.78, 5) is 19.5. The number of aromatic nitrogens is 1. The number of hydrogen-bond donors (Lipinski definition) is 2. The summed E-state index contributed by atoms with van der Waals surface area (Å²) in [5, 5.41) is 9.84. The SMILES string of the molecule is CC(C)(C)c1csc(CN2CCCC(CNC(=O)C3CCCN3)C2)n1.Cl.Cl. The lowest BCUT2D eigenvalue weighted by molar-refractivity contribution is -0.123. The summed E-state index contributed by atoms with van der Waals surface area (Å²) < 4.78 is 0. The molecule has 3 rings (SSSR count). The van der Waals surface area contributed by atoms with Crippen molar-refractivity contribution in [2.24, 2.45) is 5.92 Å². The van der Waals surface area contributed by atoms with Gasteiger partial charge in [0.2, 0.25) is 5.91 Å². The van der Waals surface area contributed by atoms with E-state index in [1.807, 2.05) is 0 Å². The third-order valence-corrected chi connectivity index (χ3v) is 6.06. The Morgan fingerprint density at radius 1 is 1.33 bits per heavy atom. The molecular formula is C19H34Cl2N4OS. The van der Waals surface area contributed by atoms with Crippen LogP contribution in [0.5, 0.6) is 0 Å². The van der Waals surface area contributed by atoms with Crippen LogP contribution in [0.25, 0.3) is 0 Å². The number of rotatable bonds is 5. The zero-order valence-electron chi connectivity index (χ0n) is 16.6. The lowest BCUT2D eigenvalue weighted by atomic mass is 9.93. The van der Waals surface area contributed by atoms with E-state index in [-0.39, 0.29) is 42.2 Å². The maximum Gasteiger partial charge on any atom is 0.237 e. The van der Waals surface area contributed by atoms with Crippen LogP contribution < -0.4 is 10.6 Å².